The lowest BCUT2D eigenvalue weighted by Crippen LogP contribution is -2.53. The summed E-state index contributed by atoms with van der Waals surface area (Å²) < 4.78 is 0. The van der Waals surface area contributed by atoms with Crippen molar-refractivity contribution in [3.8, 4) is 0 Å². The van der Waals surface area contributed by atoms with E-state index in [4.69, 9.17) is 0 Å². The summed E-state index contributed by atoms with van der Waals surface area (Å²) in [6, 6.07) is 0. The van der Waals surface area contributed by atoms with Gasteiger partial charge in [-0.2, -0.15) is 0 Å². The van der Waals surface area contributed by atoms with Crippen molar-refractivity contribution in [3.05, 3.63) is 11.6 Å². The summed E-state index contributed by atoms with van der Waals surface area (Å²) in [5.74, 6) is 3.28. The van der Waals surface area contributed by atoms with Crippen molar-refractivity contribution in [2.45, 2.75) is 123 Å². The van der Waals surface area contributed by atoms with E-state index < -0.39 is 17.3 Å². The fourth-order valence-electron chi connectivity index (χ4n) is 8.90. The van der Waals surface area contributed by atoms with Crippen molar-refractivity contribution < 1.29 is 20.1 Å². The molecule has 9 atom stereocenters. The largest absolute Gasteiger partial charge is 0.390 e. The van der Waals surface area contributed by atoms with Crippen LogP contribution in [-0.4, -0.2) is 38.4 Å². The minimum atomic E-state index is -1.15. The zero-order valence-electron chi connectivity index (χ0n) is 21.9. The van der Waals surface area contributed by atoms with Gasteiger partial charge in [0.05, 0.1) is 11.7 Å². The molecule has 4 heteroatoms. The molecule has 1 unspecified atom stereocenters. The molecule has 0 aromatic rings. The number of aliphatic hydroxyl groups excluding tert-OH is 1. The molecule has 0 aliphatic heterocycles. The van der Waals surface area contributed by atoms with E-state index in [0.29, 0.717) is 48.3 Å². The highest BCUT2D eigenvalue weighted by molar-refractivity contribution is 5.85. The number of Topliss-reactive ketones (excluding diaryl/α,β-unsaturated/α-hetero) is 1. The summed E-state index contributed by atoms with van der Waals surface area (Å²) in [6.07, 6.45) is 11.6. The number of aliphatic hydroxyl groups is 3. The first-order valence-corrected chi connectivity index (χ1v) is 13.6. The molecule has 4 aliphatic rings. The van der Waals surface area contributed by atoms with Crippen molar-refractivity contribution in [1.82, 2.24) is 0 Å². The highest BCUT2D eigenvalue weighted by Gasteiger charge is 2.60. The average molecular weight is 461 g/mol. The van der Waals surface area contributed by atoms with E-state index in [0.717, 1.165) is 25.2 Å². The Hall–Kier alpha value is -0.710. The van der Waals surface area contributed by atoms with Crippen LogP contribution in [0, 0.1) is 40.4 Å². The van der Waals surface area contributed by atoms with Gasteiger partial charge in [0.1, 0.15) is 5.60 Å². The quantitative estimate of drug-likeness (QED) is 0.462. The average Bonchev–Trinajstić information content (AvgIpc) is 3.08. The van der Waals surface area contributed by atoms with Crippen LogP contribution in [-0.2, 0) is 4.79 Å². The van der Waals surface area contributed by atoms with Crippen LogP contribution in [0.3, 0.4) is 0 Å². The van der Waals surface area contributed by atoms with Crippen LogP contribution in [0.25, 0.3) is 0 Å². The summed E-state index contributed by atoms with van der Waals surface area (Å²) in [7, 11) is 0. The van der Waals surface area contributed by atoms with Gasteiger partial charge in [-0.05, 0) is 119 Å². The van der Waals surface area contributed by atoms with Crippen LogP contribution in [0.15, 0.2) is 11.6 Å². The number of hydrogen-bond acceptors (Lipinski definition) is 4. The van der Waals surface area contributed by atoms with Gasteiger partial charge in [-0.25, -0.2) is 0 Å². The van der Waals surface area contributed by atoms with E-state index in [1.807, 2.05) is 0 Å². The molecular weight excluding hydrogens is 412 g/mol. The lowest BCUT2D eigenvalue weighted by molar-refractivity contribution is -0.140. The number of carbonyl (C=O) groups excluding carboxylic acids is 1. The van der Waals surface area contributed by atoms with E-state index >= 15 is 0 Å². The molecule has 3 saturated carbocycles. The van der Waals surface area contributed by atoms with E-state index in [2.05, 4.69) is 26.8 Å². The summed E-state index contributed by atoms with van der Waals surface area (Å²) in [6.45, 7) is 12.3. The Morgan fingerprint density at radius 1 is 1.12 bits per heavy atom. The van der Waals surface area contributed by atoms with E-state index in [-0.39, 0.29) is 11.2 Å². The Balaban J connectivity index is 1.49. The predicted octanol–water partition coefficient (Wildman–Crippen LogP) is 5.43. The van der Waals surface area contributed by atoms with Gasteiger partial charge in [-0.15, -0.1) is 0 Å². The number of allylic oxidation sites excluding steroid dienone is 1. The van der Waals surface area contributed by atoms with Crippen LogP contribution < -0.4 is 0 Å². The fourth-order valence-corrected chi connectivity index (χ4v) is 8.90. The van der Waals surface area contributed by atoms with Crippen LogP contribution in [0.5, 0.6) is 0 Å². The molecule has 4 aliphatic carbocycles. The summed E-state index contributed by atoms with van der Waals surface area (Å²) in [5.41, 5.74) is -0.345. The third-order valence-electron chi connectivity index (χ3n) is 11.3. The third-order valence-corrected chi connectivity index (χ3v) is 11.3. The normalized spacial score (nSPS) is 44.8. The monoisotopic (exact) mass is 460 g/mol. The standard InChI is InChI=1S/C29H48O4/c1-18(7-12-25(31)26(3,4)32)22-10-11-23-21-9-8-20-17-29(33,19(2)30)16-15-27(20,5)24(21)13-14-28(22,23)6/h8,18,21-25,31-33H,7,9-17H2,1-6H3/t18-,21+,22-,23+,24+,25-,27+,28-,29?/m1/s1. The Morgan fingerprint density at radius 3 is 2.45 bits per heavy atom. The molecule has 0 amide bonds. The molecule has 0 heterocycles. The number of hydrogen-bond donors (Lipinski definition) is 3. The summed E-state index contributed by atoms with van der Waals surface area (Å²) in [5, 5.41) is 31.4. The van der Waals surface area contributed by atoms with Crippen molar-refractivity contribution in [3.63, 3.8) is 0 Å². The van der Waals surface area contributed by atoms with Gasteiger partial charge in [0.25, 0.3) is 0 Å². The molecule has 0 radical (unpaired) electrons. The van der Waals surface area contributed by atoms with Crippen molar-refractivity contribution in [2.75, 3.05) is 0 Å². The van der Waals surface area contributed by atoms with Crippen LogP contribution in [0.1, 0.15) is 106 Å². The van der Waals surface area contributed by atoms with Gasteiger partial charge in [-0.3, -0.25) is 4.79 Å². The molecule has 3 fully saturated rings. The molecule has 0 bridgehead atoms. The minimum absolute atomic E-state index is 0.0777. The highest BCUT2D eigenvalue weighted by Crippen LogP contribution is 2.67. The molecule has 4 rings (SSSR count). The maximum Gasteiger partial charge on any atom is 0.161 e. The van der Waals surface area contributed by atoms with Crippen LogP contribution >= 0.6 is 0 Å². The van der Waals surface area contributed by atoms with Crippen LogP contribution in [0.4, 0.5) is 0 Å². The first-order chi connectivity index (χ1) is 15.2. The van der Waals surface area contributed by atoms with Crippen molar-refractivity contribution >= 4 is 5.78 Å². The molecule has 4 nitrogen and oxygen atoms in total. The summed E-state index contributed by atoms with van der Waals surface area (Å²) in [4.78, 5) is 12.1. The second-order valence-corrected chi connectivity index (χ2v) is 13.5. The molecule has 0 saturated heterocycles. The van der Waals surface area contributed by atoms with Gasteiger partial charge >= 0.3 is 0 Å². The number of carbonyl (C=O) groups is 1. The first-order valence-electron chi connectivity index (χ1n) is 13.6. The fraction of sp³-hybridized carbons (Fsp3) is 0.897. The number of rotatable bonds is 6. The lowest BCUT2D eigenvalue weighted by atomic mass is 9.46. The van der Waals surface area contributed by atoms with E-state index in [1.165, 1.54) is 31.3 Å². The van der Waals surface area contributed by atoms with Gasteiger partial charge < -0.3 is 15.3 Å². The highest BCUT2D eigenvalue weighted by atomic mass is 16.3. The van der Waals surface area contributed by atoms with Gasteiger partial charge in [0.15, 0.2) is 5.78 Å². The zero-order valence-corrected chi connectivity index (χ0v) is 21.9. The molecule has 188 valence electrons. The molecule has 0 spiro atoms. The molecule has 0 aromatic heterocycles. The second kappa shape index (κ2) is 8.45. The molecule has 33 heavy (non-hydrogen) atoms. The predicted molar refractivity (Wildman–Crippen MR) is 132 cm³/mol. The Labute approximate surface area is 201 Å². The number of fused-ring (bicyclic) bond motifs is 5. The van der Waals surface area contributed by atoms with Crippen LogP contribution in [0.2, 0.25) is 0 Å². The topological polar surface area (TPSA) is 77.8 Å². The Kier molecular flexibility index (Phi) is 6.50. The molecule has 0 aromatic carbocycles. The summed E-state index contributed by atoms with van der Waals surface area (Å²) >= 11 is 0. The van der Waals surface area contributed by atoms with Gasteiger partial charge in [0, 0.05) is 6.42 Å². The second-order valence-electron chi connectivity index (χ2n) is 13.5. The molecule has 3 N–H and O–H groups in total. The SMILES string of the molecule is CC(=O)C1(O)CC[C@@]2(C)C(=CC[C@H]3[C@@H]4CC[C@H]([C@H](C)CC[C@@H](O)C(C)(C)O)[C@@]4(C)CC[C@@H]32)C1. The Bertz CT molecular complexity index is 796. The Morgan fingerprint density at radius 2 is 1.82 bits per heavy atom. The maximum atomic E-state index is 12.1. The maximum absolute atomic E-state index is 12.1. The lowest BCUT2D eigenvalue weighted by Gasteiger charge is -2.59. The first kappa shape index (κ1) is 25.4. The van der Waals surface area contributed by atoms with Gasteiger partial charge in [0.2, 0.25) is 0 Å². The van der Waals surface area contributed by atoms with E-state index in [9.17, 15) is 20.1 Å². The van der Waals surface area contributed by atoms with Gasteiger partial charge in [-0.1, -0.05) is 32.4 Å². The van der Waals surface area contributed by atoms with E-state index in [1.54, 1.807) is 20.8 Å². The third kappa shape index (κ3) is 4.16. The zero-order chi connectivity index (χ0) is 24.4. The minimum Gasteiger partial charge on any atom is -0.390 e. The van der Waals surface area contributed by atoms with Crippen molar-refractivity contribution in [2.24, 2.45) is 40.4 Å². The van der Waals surface area contributed by atoms with Crippen molar-refractivity contribution in [1.29, 1.82) is 0 Å². The number of ketones is 1. The smallest absolute Gasteiger partial charge is 0.161 e. The molecular formula is C29H48O4.